The number of aryl methyl sites for hydroxylation is 3. The Balaban J connectivity index is 2.09. The lowest BCUT2D eigenvalue weighted by atomic mass is 10.1. The molecule has 0 saturated heterocycles. The number of carbonyl (C=O) groups excluding carboxylic acids is 1. The first-order valence-corrected chi connectivity index (χ1v) is 11.2. The van der Waals surface area contributed by atoms with Gasteiger partial charge in [0.25, 0.3) is 11.5 Å². The largest absolute Gasteiger partial charge is 0.344 e. The first kappa shape index (κ1) is 22.7. The molecule has 2 heterocycles. The van der Waals surface area contributed by atoms with Crippen molar-refractivity contribution in [2.75, 3.05) is 14.1 Å². The van der Waals surface area contributed by atoms with Gasteiger partial charge in [0.2, 0.25) is 0 Å². The fraction of sp³-hybridized carbons (Fsp3) is 0.240. The topological polar surface area (TPSA) is 64.3 Å². The van der Waals surface area contributed by atoms with E-state index in [0.29, 0.717) is 31.9 Å². The number of hydrogen-bond donors (Lipinski definition) is 0. The lowest BCUT2D eigenvalue weighted by Crippen LogP contribution is -2.39. The van der Waals surface area contributed by atoms with Gasteiger partial charge >= 0.3 is 5.69 Å². The Labute approximate surface area is 194 Å². The van der Waals surface area contributed by atoms with Crippen LogP contribution in [0.3, 0.4) is 0 Å². The first-order chi connectivity index (χ1) is 15.6. The number of hydrogen-bond acceptors (Lipinski definition) is 4. The quantitative estimate of drug-likeness (QED) is 0.457. The van der Waals surface area contributed by atoms with Crippen LogP contribution in [0.25, 0.3) is 15.9 Å². The summed E-state index contributed by atoms with van der Waals surface area (Å²) in [6.07, 6.45) is 0. The number of fused-ring (bicyclic) bond motifs is 1. The summed E-state index contributed by atoms with van der Waals surface area (Å²) < 4.78 is 16.4. The first-order valence-electron chi connectivity index (χ1n) is 10.4. The van der Waals surface area contributed by atoms with Gasteiger partial charge in [-0.25, -0.2) is 13.8 Å². The highest BCUT2D eigenvalue weighted by molar-refractivity contribution is 7.20. The molecule has 6 nitrogen and oxygen atoms in total. The normalized spacial score (nSPS) is 11.2. The average molecular weight is 466 g/mol. The molecule has 8 heteroatoms. The van der Waals surface area contributed by atoms with Gasteiger partial charge < -0.3 is 4.90 Å². The summed E-state index contributed by atoms with van der Waals surface area (Å²) in [4.78, 5) is 42.3. The maximum absolute atomic E-state index is 13.8. The second-order valence-corrected chi connectivity index (χ2v) is 9.34. The molecular weight excluding hydrogens is 441 g/mol. The predicted octanol–water partition coefficient (Wildman–Crippen LogP) is 4.03. The van der Waals surface area contributed by atoms with E-state index in [9.17, 15) is 18.8 Å². The van der Waals surface area contributed by atoms with E-state index in [1.165, 1.54) is 21.6 Å². The van der Waals surface area contributed by atoms with Gasteiger partial charge in [0.1, 0.15) is 10.6 Å². The third-order valence-corrected chi connectivity index (χ3v) is 7.09. The summed E-state index contributed by atoms with van der Waals surface area (Å²) in [7, 11) is 3.28. The molecule has 170 valence electrons. The van der Waals surface area contributed by atoms with E-state index in [1.54, 1.807) is 45.3 Å². The predicted molar refractivity (Wildman–Crippen MR) is 129 cm³/mol. The minimum absolute atomic E-state index is 0.0633. The van der Waals surface area contributed by atoms with E-state index in [1.807, 2.05) is 19.9 Å². The van der Waals surface area contributed by atoms with Crippen LogP contribution in [-0.2, 0) is 6.54 Å². The molecule has 0 saturated carbocycles. The number of rotatable bonds is 4. The van der Waals surface area contributed by atoms with E-state index in [2.05, 4.69) is 0 Å². The van der Waals surface area contributed by atoms with E-state index < -0.39 is 17.1 Å². The molecule has 0 aliphatic carbocycles. The Morgan fingerprint density at radius 3 is 2.39 bits per heavy atom. The molecule has 2 aromatic carbocycles. The fourth-order valence-electron chi connectivity index (χ4n) is 3.80. The minimum atomic E-state index is -0.537. The summed E-state index contributed by atoms with van der Waals surface area (Å²) in [6.45, 7) is 5.65. The van der Waals surface area contributed by atoms with Crippen LogP contribution in [0.1, 0.15) is 31.9 Å². The number of halogens is 1. The highest BCUT2D eigenvalue weighted by Gasteiger charge is 2.24. The van der Waals surface area contributed by atoms with Crippen molar-refractivity contribution in [2.45, 2.75) is 27.3 Å². The maximum atomic E-state index is 13.8. The molecule has 0 unspecified atom stereocenters. The van der Waals surface area contributed by atoms with Gasteiger partial charge in [-0.15, -0.1) is 11.3 Å². The van der Waals surface area contributed by atoms with Crippen LogP contribution >= 0.6 is 11.3 Å². The van der Waals surface area contributed by atoms with Gasteiger partial charge in [-0.1, -0.05) is 18.2 Å². The van der Waals surface area contributed by atoms with Crippen LogP contribution in [-0.4, -0.2) is 34.0 Å². The number of thiophene rings is 1. The molecule has 33 heavy (non-hydrogen) atoms. The fourth-order valence-corrected chi connectivity index (χ4v) is 5.12. The molecule has 1 amide bonds. The summed E-state index contributed by atoms with van der Waals surface area (Å²) in [5.74, 6) is -0.652. The third kappa shape index (κ3) is 3.91. The Kier molecular flexibility index (Phi) is 5.80. The average Bonchev–Trinajstić information content (AvgIpc) is 3.10. The molecule has 4 rings (SSSR count). The molecular formula is C25H24FN3O3S. The molecule has 4 aromatic rings. The van der Waals surface area contributed by atoms with Crippen molar-refractivity contribution >= 4 is 27.5 Å². The van der Waals surface area contributed by atoms with Gasteiger partial charge in [0.15, 0.2) is 0 Å². The van der Waals surface area contributed by atoms with Crippen molar-refractivity contribution < 1.29 is 9.18 Å². The Morgan fingerprint density at radius 1 is 1.03 bits per heavy atom. The van der Waals surface area contributed by atoms with Crippen molar-refractivity contribution in [1.82, 2.24) is 14.0 Å². The van der Waals surface area contributed by atoms with Crippen LogP contribution in [0, 0.1) is 26.6 Å². The summed E-state index contributed by atoms with van der Waals surface area (Å²) in [6, 6.07) is 11.4. The van der Waals surface area contributed by atoms with Crippen LogP contribution < -0.4 is 11.2 Å². The number of amides is 1. The van der Waals surface area contributed by atoms with Crippen LogP contribution in [0.2, 0.25) is 0 Å². The van der Waals surface area contributed by atoms with Crippen molar-refractivity contribution in [3.05, 3.63) is 96.3 Å². The highest BCUT2D eigenvalue weighted by atomic mass is 32.1. The van der Waals surface area contributed by atoms with Crippen molar-refractivity contribution in [2.24, 2.45) is 0 Å². The van der Waals surface area contributed by atoms with Crippen LogP contribution in [0.15, 0.2) is 52.1 Å². The number of benzene rings is 2. The highest BCUT2D eigenvalue weighted by Crippen LogP contribution is 2.29. The number of aromatic nitrogens is 2. The zero-order valence-corrected chi connectivity index (χ0v) is 19.9. The molecule has 0 spiro atoms. The van der Waals surface area contributed by atoms with E-state index in [0.717, 1.165) is 27.0 Å². The van der Waals surface area contributed by atoms with Gasteiger partial charge in [0.05, 0.1) is 22.5 Å². The molecule has 0 bridgehead atoms. The molecule has 0 N–H and O–H groups in total. The van der Waals surface area contributed by atoms with Crippen LogP contribution in [0.5, 0.6) is 0 Å². The molecule has 0 atom stereocenters. The SMILES string of the molecule is Cc1ccc(-n2c(=O)c3c(C)c(C(=O)N(C)C)sc3n(Cc3cccc(F)c3)c2=O)cc1C. The van der Waals surface area contributed by atoms with E-state index >= 15 is 0 Å². The standard InChI is InChI=1S/C25H24FN3O3S/c1-14-9-10-19(11-15(14)2)29-22(30)20-16(3)21(23(31)27(4)5)33-24(20)28(25(29)32)13-17-7-6-8-18(26)12-17/h6-12H,13H2,1-5H3. The van der Waals surface area contributed by atoms with Gasteiger partial charge in [-0.2, -0.15) is 0 Å². The second-order valence-electron chi connectivity index (χ2n) is 8.34. The zero-order chi connectivity index (χ0) is 24.0. The summed E-state index contributed by atoms with van der Waals surface area (Å²) >= 11 is 1.11. The molecule has 2 aromatic heterocycles. The van der Waals surface area contributed by atoms with Crippen LogP contribution in [0.4, 0.5) is 4.39 Å². The Morgan fingerprint density at radius 2 is 1.76 bits per heavy atom. The molecule has 0 aliphatic heterocycles. The van der Waals surface area contributed by atoms with E-state index in [-0.39, 0.29) is 12.5 Å². The summed E-state index contributed by atoms with van der Waals surface area (Å²) in [5.41, 5.74) is 2.54. The van der Waals surface area contributed by atoms with Crippen molar-refractivity contribution in [3.8, 4) is 5.69 Å². The maximum Gasteiger partial charge on any atom is 0.337 e. The number of nitrogens with zero attached hydrogens (tertiary/aromatic N) is 3. The molecule has 0 aliphatic rings. The Hall–Kier alpha value is -3.52. The second kappa shape index (κ2) is 8.44. The summed E-state index contributed by atoms with van der Waals surface area (Å²) in [5, 5.41) is 0.319. The number of carbonyl (C=O) groups is 1. The smallest absolute Gasteiger partial charge is 0.337 e. The zero-order valence-electron chi connectivity index (χ0n) is 19.1. The minimum Gasteiger partial charge on any atom is -0.344 e. The third-order valence-electron chi connectivity index (χ3n) is 5.79. The van der Waals surface area contributed by atoms with Crippen molar-refractivity contribution in [1.29, 1.82) is 0 Å². The lowest BCUT2D eigenvalue weighted by Gasteiger charge is -2.13. The monoisotopic (exact) mass is 465 g/mol. The van der Waals surface area contributed by atoms with E-state index in [4.69, 9.17) is 0 Å². The molecule has 0 fully saturated rings. The van der Waals surface area contributed by atoms with Crippen molar-refractivity contribution in [3.63, 3.8) is 0 Å². The van der Waals surface area contributed by atoms with Gasteiger partial charge in [0, 0.05) is 14.1 Å². The Bertz CT molecular complexity index is 1530. The van der Waals surface area contributed by atoms with Gasteiger partial charge in [-0.3, -0.25) is 14.2 Å². The lowest BCUT2D eigenvalue weighted by molar-refractivity contribution is 0.0831. The molecule has 0 radical (unpaired) electrons. The van der Waals surface area contributed by atoms with Gasteiger partial charge in [-0.05, 0) is 67.3 Å².